The summed E-state index contributed by atoms with van der Waals surface area (Å²) < 4.78 is 18.7. The average Bonchev–Trinajstić information content (AvgIpc) is 3.85. The summed E-state index contributed by atoms with van der Waals surface area (Å²) in [6.07, 6.45) is 0. The van der Waals surface area contributed by atoms with Crippen molar-refractivity contribution in [1.29, 1.82) is 0 Å². The smallest absolute Gasteiger partial charge is 0.227 e. The van der Waals surface area contributed by atoms with Crippen LogP contribution in [-0.4, -0.2) is 19.9 Å². The highest BCUT2D eigenvalue weighted by Crippen LogP contribution is 2.39. The molecule has 4 heterocycles. The molecular formula is C40H22N4O3. The van der Waals surface area contributed by atoms with Crippen molar-refractivity contribution in [2.24, 2.45) is 0 Å². The summed E-state index contributed by atoms with van der Waals surface area (Å²) in [6, 6.07) is 43.8. The molecule has 0 amide bonds. The van der Waals surface area contributed by atoms with E-state index < -0.39 is 0 Å². The maximum absolute atomic E-state index is 6.40. The molecule has 0 radical (unpaired) electrons. The van der Waals surface area contributed by atoms with Crippen LogP contribution >= 0.6 is 0 Å². The summed E-state index contributed by atoms with van der Waals surface area (Å²) in [5.74, 6) is 2.26. The molecule has 0 aliphatic heterocycles. The summed E-state index contributed by atoms with van der Waals surface area (Å²) in [4.78, 5) is 19.9. The molecule has 10 rings (SSSR count). The zero-order valence-corrected chi connectivity index (χ0v) is 24.7. The number of fused-ring (bicyclic) bond motifs is 8. The van der Waals surface area contributed by atoms with Gasteiger partial charge in [-0.1, -0.05) is 84.9 Å². The van der Waals surface area contributed by atoms with Gasteiger partial charge in [0.15, 0.2) is 23.1 Å². The van der Waals surface area contributed by atoms with E-state index in [1.165, 1.54) is 0 Å². The molecule has 0 spiro atoms. The van der Waals surface area contributed by atoms with Crippen LogP contribution in [0.15, 0.2) is 147 Å². The number of furan rings is 2. The number of rotatable bonds is 4. The number of benzene rings is 6. The molecule has 0 unspecified atom stereocenters. The second-order valence-electron chi connectivity index (χ2n) is 11.4. The lowest BCUT2D eigenvalue weighted by Gasteiger charge is -2.09. The van der Waals surface area contributed by atoms with E-state index in [0.717, 1.165) is 66.1 Å². The second-order valence-corrected chi connectivity index (χ2v) is 11.4. The molecule has 7 heteroatoms. The maximum atomic E-state index is 6.40. The SMILES string of the molecule is c1ccc(-c2nc(-c3ccc4c(c3)oc3ccc5oc(-c6ccccc6)nc5c34)nc(-c3cccc4oc5ccccc5c34)n2)cc1. The summed E-state index contributed by atoms with van der Waals surface area (Å²) >= 11 is 0. The van der Waals surface area contributed by atoms with Gasteiger partial charge in [-0.2, -0.15) is 0 Å². The summed E-state index contributed by atoms with van der Waals surface area (Å²) in [6.45, 7) is 0. The third-order valence-corrected chi connectivity index (χ3v) is 8.58. The zero-order valence-electron chi connectivity index (χ0n) is 24.7. The highest BCUT2D eigenvalue weighted by molar-refractivity contribution is 6.17. The van der Waals surface area contributed by atoms with Crippen LogP contribution in [0.4, 0.5) is 0 Å². The number of aromatic nitrogens is 4. The standard InChI is InChI=1S/C40H22N4O3/c1-3-10-23(11-4-1)37-42-38(44-39(43-37)28-15-9-17-30-34(28)26-14-7-8-16-29(26)45-30)25-18-19-27-33(22-25)46-31-20-21-32-36(35(27)31)41-40(47-32)24-12-5-2-6-13-24/h1-22H. The number of nitrogens with zero attached hydrogens (tertiary/aromatic N) is 4. The molecule has 0 aliphatic carbocycles. The van der Waals surface area contributed by atoms with Gasteiger partial charge < -0.3 is 13.3 Å². The Kier molecular flexibility index (Phi) is 5.44. The van der Waals surface area contributed by atoms with Gasteiger partial charge in [-0.05, 0) is 48.5 Å². The van der Waals surface area contributed by atoms with Gasteiger partial charge in [0.1, 0.15) is 27.8 Å². The van der Waals surface area contributed by atoms with Crippen LogP contribution in [0.3, 0.4) is 0 Å². The number of hydrogen-bond acceptors (Lipinski definition) is 7. The van der Waals surface area contributed by atoms with Gasteiger partial charge in [0.05, 0.1) is 5.39 Å². The number of oxazole rings is 1. The normalized spacial score (nSPS) is 11.8. The molecule has 7 nitrogen and oxygen atoms in total. The van der Waals surface area contributed by atoms with E-state index in [1.807, 2.05) is 127 Å². The Balaban J connectivity index is 1.17. The monoisotopic (exact) mass is 606 g/mol. The molecule has 10 aromatic rings. The van der Waals surface area contributed by atoms with Crippen molar-refractivity contribution >= 4 is 55.0 Å². The van der Waals surface area contributed by atoms with Crippen LogP contribution in [0.1, 0.15) is 0 Å². The predicted molar refractivity (Wildman–Crippen MR) is 184 cm³/mol. The maximum Gasteiger partial charge on any atom is 0.227 e. The van der Waals surface area contributed by atoms with E-state index in [2.05, 4.69) is 6.07 Å². The Morgan fingerprint density at radius 1 is 0.362 bits per heavy atom. The van der Waals surface area contributed by atoms with E-state index >= 15 is 0 Å². The lowest BCUT2D eigenvalue weighted by Crippen LogP contribution is -2.00. The Labute approximate surface area is 266 Å². The predicted octanol–water partition coefficient (Wildman–Crippen LogP) is 10.5. The third-order valence-electron chi connectivity index (χ3n) is 8.58. The molecule has 0 saturated carbocycles. The quantitative estimate of drug-likeness (QED) is 0.197. The Morgan fingerprint density at radius 2 is 1.00 bits per heavy atom. The van der Waals surface area contributed by atoms with Gasteiger partial charge in [-0.15, -0.1) is 0 Å². The van der Waals surface area contributed by atoms with Crippen LogP contribution in [0.2, 0.25) is 0 Å². The first-order chi connectivity index (χ1) is 23.3. The molecule has 220 valence electrons. The van der Waals surface area contributed by atoms with Crippen LogP contribution < -0.4 is 0 Å². The summed E-state index contributed by atoms with van der Waals surface area (Å²) in [7, 11) is 0. The van der Waals surface area contributed by atoms with Crippen LogP contribution in [0.25, 0.3) is 101 Å². The van der Waals surface area contributed by atoms with Crippen molar-refractivity contribution in [2.45, 2.75) is 0 Å². The van der Waals surface area contributed by atoms with Gasteiger partial charge >= 0.3 is 0 Å². The lowest BCUT2D eigenvalue weighted by molar-refractivity contribution is 0.619. The molecule has 0 aliphatic rings. The van der Waals surface area contributed by atoms with E-state index in [0.29, 0.717) is 34.5 Å². The van der Waals surface area contributed by atoms with Gasteiger partial charge in [-0.3, -0.25) is 0 Å². The largest absolute Gasteiger partial charge is 0.456 e. The van der Waals surface area contributed by atoms with Crippen molar-refractivity contribution in [1.82, 2.24) is 19.9 Å². The molecule has 0 bridgehead atoms. The molecule has 0 fully saturated rings. The first-order valence-electron chi connectivity index (χ1n) is 15.3. The Hall–Kier alpha value is -6.60. The van der Waals surface area contributed by atoms with Crippen LogP contribution in [0, 0.1) is 0 Å². The number of para-hydroxylation sites is 1. The van der Waals surface area contributed by atoms with Crippen molar-refractivity contribution in [3.05, 3.63) is 133 Å². The molecule has 47 heavy (non-hydrogen) atoms. The topological polar surface area (TPSA) is 91.0 Å². The molecule has 0 N–H and O–H groups in total. The minimum Gasteiger partial charge on any atom is -0.456 e. The van der Waals surface area contributed by atoms with Gasteiger partial charge in [0.25, 0.3) is 0 Å². The van der Waals surface area contributed by atoms with Crippen molar-refractivity contribution < 1.29 is 13.3 Å². The Morgan fingerprint density at radius 3 is 1.85 bits per heavy atom. The minimum atomic E-state index is 0.541. The third kappa shape index (κ3) is 4.07. The Bertz CT molecular complexity index is 2800. The molecule has 6 aromatic carbocycles. The van der Waals surface area contributed by atoms with E-state index in [9.17, 15) is 0 Å². The lowest BCUT2D eigenvalue weighted by atomic mass is 10.1. The van der Waals surface area contributed by atoms with Crippen LogP contribution in [0.5, 0.6) is 0 Å². The van der Waals surface area contributed by atoms with Gasteiger partial charge in [0.2, 0.25) is 5.89 Å². The fraction of sp³-hybridized carbons (Fsp3) is 0. The molecule has 0 saturated heterocycles. The van der Waals surface area contributed by atoms with E-state index in [-0.39, 0.29) is 0 Å². The highest BCUT2D eigenvalue weighted by atomic mass is 16.4. The zero-order chi connectivity index (χ0) is 30.9. The highest BCUT2D eigenvalue weighted by Gasteiger charge is 2.20. The molecule has 0 atom stereocenters. The molecular weight excluding hydrogens is 584 g/mol. The first kappa shape index (κ1) is 25.7. The summed E-state index contributed by atoms with van der Waals surface area (Å²) in [5, 5.41) is 3.84. The van der Waals surface area contributed by atoms with E-state index in [4.69, 9.17) is 33.2 Å². The van der Waals surface area contributed by atoms with Crippen molar-refractivity contribution in [3.8, 4) is 45.6 Å². The second kappa shape index (κ2) is 9.95. The fourth-order valence-corrected chi connectivity index (χ4v) is 6.40. The van der Waals surface area contributed by atoms with Gasteiger partial charge in [0, 0.05) is 38.4 Å². The average molecular weight is 607 g/mol. The van der Waals surface area contributed by atoms with E-state index in [1.54, 1.807) is 0 Å². The molecule has 4 aromatic heterocycles. The van der Waals surface area contributed by atoms with Gasteiger partial charge in [-0.25, -0.2) is 19.9 Å². The first-order valence-corrected chi connectivity index (χ1v) is 15.3. The van der Waals surface area contributed by atoms with Crippen molar-refractivity contribution in [3.63, 3.8) is 0 Å². The fourth-order valence-electron chi connectivity index (χ4n) is 6.40. The number of hydrogen-bond donors (Lipinski definition) is 0. The van der Waals surface area contributed by atoms with Crippen LogP contribution in [-0.2, 0) is 0 Å². The minimum absolute atomic E-state index is 0.541. The van der Waals surface area contributed by atoms with Crippen molar-refractivity contribution in [2.75, 3.05) is 0 Å². The summed E-state index contributed by atoms with van der Waals surface area (Å²) in [5.41, 5.74) is 8.02.